The van der Waals surface area contributed by atoms with Crippen molar-refractivity contribution in [1.29, 1.82) is 0 Å². The largest absolute Gasteiger partial charge is 0.376 e. The Labute approximate surface area is 285 Å². The van der Waals surface area contributed by atoms with E-state index in [1.54, 1.807) is 57.2 Å². The molecule has 0 heterocycles. The molecule has 0 aromatic heterocycles. The van der Waals surface area contributed by atoms with Crippen LogP contribution in [0.25, 0.3) is 0 Å². The number of aryl methyl sites for hydroxylation is 3. The molecule has 4 aromatic carbocycles. The van der Waals surface area contributed by atoms with E-state index in [0.717, 1.165) is 16.7 Å². The van der Waals surface area contributed by atoms with Crippen LogP contribution in [0.4, 0.5) is 5.69 Å². The van der Waals surface area contributed by atoms with E-state index >= 15 is 0 Å². The summed E-state index contributed by atoms with van der Waals surface area (Å²) < 4.78 is 102. The highest BCUT2D eigenvalue weighted by atomic mass is 32.2. The summed E-state index contributed by atoms with van der Waals surface area (Å²) in [5.74, 6) is 0. The zero-order valence-corrected chi connectivity index (χ0v) is 29.3. The van der Waals surface area contributed by atoms with E-state index in [9.17, 15) is 35.4 Å². The third-order valence-electron chi connectivity index (χ3n) is 7.31. The molecule has 13 nitrogen and oxygen atoms in total. The van der Waals surface area contributed by atoms with Crippen molar-refractivity contribution in [2.24, 2.45) is 5.41 Å². The van der Waals surface area contributed by atoms with Crippen molar-refractivity contribution in [3.8, 4) is 0 Å². The molecular formula is C33H35NO12S3. The Balaban J connectivity index is 1.69. The lowest BCUT2D eigenvalue weighted by molar-refractivity contribution is -0.384. The SMILES string of the molecule is Cc1ccc(S(=O)(=O)OCC(COCc2ccc([N+](=O)[O-])cc2)(COS(=O)(=O)c2ccc(C)cc2)COS(=O)(=O)c2ccc(C)cc2)cc1. The minimum absolute atomic E-state index is 0.155. The van der Waals surface area contributed by atoms with Crippen molar-refractivity contribution >= 4 is 36.0 Å². The molecule has 4 aromatic rings. The van der Waals surface area contributed by atoms with Gasteiger partial charge in [-0.2, -0.15) is 25.3 Å². The molecule has 0 aliphatic rings. The highest BCUT2D eigenvalue weighted by molar-refractivity contribution is 7.87. The molecule has 0 N–H and O–H groups in total. The van der Waals surface area contributed by atoms with Gasteiger partial charge < -0.3 is 4.74 Å². The molecule has 0 saturated carbocycles. The molecule has 262 valence electrons. The number of hydrogen-bond donors (Lipinski definition) is 0. The van der Waals surface area contributed by atoms with Gasteiger partial charge in [-0.05, 0) is 74.9 Å². The number of non-ortho nitro benzene ring substituents is 1. The molecule has 0 aliphatic carbocycles. The minimum atomic E-state index is -4.45. The van der Waals surface area contributed by atoms with Gasteiger partial charge in [0.1, 0.15) is 0 Å². The Morgan fingerprint density at radius 2 is 0.857 bits per heavy atom. The number of benzene rings is 4. The van der Waals surface area contributed by atoms with Gasteiger partial charge >= 0.3 is 0 Å². The van der Waals surface area contributed by atoms with Gasteiger partial charge in [0.05, 0.1) is 58.1 Å². The average Bonchev–Trinajstić information content (AvgIpc) is 3.06. The number of ether oxygens (including phenoxy) is 1. The van der Waals surface area contributed by atoms with E-state index < -0.39 is 67.1 Å². The molecule has 0 aliphatic heterocycles. The summed E-state index contributed by atoms with van der Waals surface area (Å²) in [5.41, 5.74) is 0.826. The lowest BCUT2D eigenvalue weighted by Crippen LogP contribution is -2.43. The van der Waals surface area contributed by atoms with E-state index in [1.165, 1.54) is 60.7 Å². The number of hydrogen-bond acceptors (Lipinski definition) is 12. The first kappa shape index (κ1) is 37.8. The number of nitro groups is 1. The molecule has 49 heavy (non-hydrogen) atoms. The summed E-state index contributed by atoms with van der Waals surface area (Å²) >= 11 is 0. The molecule has 0 spiro atoms. The maximum Gasteiger partial charge on any atom is 0.296 e. The third kappa shape index (κ3) is 10.5. The van der Waals surface area contributed by atoms with Crippen molar-refractivity contribution in [2.45, 2.75) is 42.1 Å². The molecule has 0 atom stereocenters. The first-order chi connectivity index (χ1) is 23.0. The molecule has 0 amide bonds. The fraction of sp³-hybridized carbons (Fsp3) is 0.273. The Morgan fingerprint density at radius 3 is 1.16 bits per heavy atom. The van der Waals surface area contributed by atoms with Crippen LogP contribution in [-0.4, -0.2) is 56.6 Å². The van der Waals surface area contributed by atoms with Crippen molar-refractivity contribution < 1.29 is 47.5 Å². The van der Waals surface area contributed by atoms with Crippen LogP contribution in [0.2, 0.25) is 0 Å². The lowest BCUT2D eigenvalue weighted by atomic mass is 9.92. The topological polar surface area (TPSA) is 182 Å². The number of rotatable bonds is 17. The Morgan fingerprint density at radius 1 is 0.531 bits per heavy atom. The highest BCUT2D eigenvalue weighted by Crippen LogP contribution is 2.29. The summed E-state index contributed by atoms with van der Waals surface area (Å²) in [7, 11) is -13.4. The fourth-order valence-corrected chi connectivity index (χ4v) is 7.31. The van der Waals surface area contributed by atoms with Crippen LogP contribution in [0.5, 0.6) is 0 Å². The smallest absolute Gasteiger partial charge is 0.296 e. The molecule has 16 heteroatoms. The maximum absolute atomic E-state index is 13.2. The van der Waals surface area contributed by atoms with Crippen LogP contribution < -0.4 is 0 Å². The second kappa shape index (κ2) is 15.7. The Kier molecular flexibility index (Phi) is 12.1. The monoisotopic (exact) mass is 733 g/mol. The maximum atomic E-state index is 13.2. The van der Waals surface area contributed by atoms with Gasteiger partial charge in [-0.1, -0.05) is 53.1 Å². The summed E-state index contributed by atoms with van der Waals surface area (Å²) in [5, 5.41) is 11.1. The first-order valence-electron chi connectivity index (χ1n) is 14.7. The standard InChI is InChI=1S/C33H35NO12S3/c1-25-4-14-30(15-5-25)47(37,38)44-22-33(21-43-20-28-10-12-29(13-11-28)34(35)36,23-45-48(39,40)31-16-6-26(2)7-17-31)24-46-49(41,42)32-18-8-27(3)9-19-32/h4-19H,20-24H2,1-3H3. The van der Waals surface area contributed by atoms with Crippen LogP contribution in [-0.2, 0) is 54.2 Å². The highest BCUT2D eigenvalue weighted by Gasteiger charge is 2.39. The predicted molar refractivity (Wildman–Crippen MR) is 178 cm³/mol. The van der Waals surface area contributed by atoms with Crippen molar-refractivity contribution in [3.63, 3.8) is 0 Å². The fourth-order valence-electron chi connectivity index (χ4n) is 4.28. The lowest BCUT2D eigenvalue weighted by Gasteiger charge is -2.32. The number of nitro benzene ring substituents is 1. The molecule has 0 radical (unpaired) electrons. The van der Waals surface area contributed by atoms with Gasteiger partial charge in [0.2, 0.25) is 0 Å². The summed E-state index contributed by atoms with van der Waals surface area (Å²) in [6.45, 7) is 2.12. The minimum Gasteiger partial charge on any atom is -0.376 e. The molecule has 0 bridgehead atoms. The predicted octanol–water partition coefficient (Wildman–Crippen LogP) is 5.24. The van der Waals surface area contributed by atoms with E-state index in [4.69, 9.17) is 17.3 Å². The summed E-state index contributed by atoms with van der Waals surface area (Å²) in [4.78, 5) is 9.91. The molecular weight excluding hydrogens is 699 g/mol. The molecule has 0 unspecified atom stereocenters. The van der Waals surface area contributed by atoms with Crippen LogP contribution in [0.15, 0.2) is 112 Å². The quantitative estimate of drug-likeness (QED) is 0.0783. The van der Waals surface area contributed by atoms with Gasteiger partial charge in [0.25, 0.3) is 36.0 Å². The van der Waals surface area contributed by atoms with E-state index in [1.807, 2.05) is 0 Å². The zero-order chi connectivity index (χ0) is 35.9. The van der Waals surface area contributed by atoms with Crippen LogP contribution in [0.3, 0.4) is 0 Å². The van der Waals surface area contributed by atoms with Crippen molar-refractivity contribution in [3.05, 3.63) is 129 Å². The van der Waals surface area contributed by atoms with Gasteiger partial charge in [-0.25, -0.2) is 0 Å². The van der Waals surface area contributed by atoms with Crippen molar-refractivity contribution in [1.82, 2.24) is 0 Å². The Hall–Kier alpha value is -4.03. The zero-order valence-electron chi connectivity index (χ0n) is 26.8. The van der Waals surface area contributed by atoms with E-state index in [0.29, 0.717) is 5.56 Å². The second-order valence-corrected chi connectivity index (χ2v) is 16.4. The number of nitrogens with zero attached hydrogens (tertiary/aromatic N) is 1. The third-order valence-corrected chi connectivity index (χ3v) is 11.1. The van der Waals surface area contributed by atoms with E-state index in [-0.39, 0.29) is 27.0 Å². The van der Waals surface area contributed by atoms with E-state index in [2.05, 4.69) is 0 Å². The van der Waals surface area contributed by atoms with Crippen LogP contribution in [0.1, 0.15) is 22.3 Å². The van der Waals surface area contributed by atoms with Gasteiger partial charge in [0, 0.05) is 12.1 Å². The van der Waals surface area contributed by atoms with Crippen molar-refractivity contribution in [2.75, 3.05) is 26.4 Å². The van der Waals surface area contributed by atoms with Crippen LogP contribution in [0, 0.1) is 36.3 Å². The summed E-state index contributed by atoms with van der Waals surface area (Å²) in [6, 6.07) is 22.7. The molecule has 4 rings (SSSR count). The summed E-state index contributed by atoms with van der Waals surface area (Å²) in [6.07, 6.45) is 0. The van der Waals surface area contributed by atoms with Gasteiger partial charge in [-0.3, -0.25) is 22.7 Å². The normalized spacial score (nSPS) is 12.6. The van der Waals surface area contributed by atoms with Gasteiger partial charge in [-0.15, -0.1) is 0 Å². The van der Waals surface area contributed by atoms with Crippen LogP contribution >= 0.6 is 0 Å². The molecule has 0 fully saturated rings. The first-order valence-corrected chi connectivity index (χ1v) is 18.9. The Bertz CT molecular complexity index is 1870. The average molecular weight is 734 g/mol. The second-order valence-electron chi connectivity index (χ2n) is 11.5. The van der Waals surface area contributed by atoms with Gasteiger partial charge in [0.15, 0.2) is 0 Å². The molecule has 0 saturated heterocycles.